The molecule has 5 nitrogen and oxygen atoms in total. The van der Waals surface area contributed by atoms with E-state index < -0.39 is 10.0 Å². The Kier molecular flexibility index (Phi) is 4.25. The summed E-state index contributed by atoms with van der Waals surface area (Å²) in [7, 11) is -3.56. The number of aromatic nitrogens is 2. The Morgan fingerprint density at radius 3 is 2.82 bits per heavy atom. The molecule has 22 heavy (non-hydrogen) atoms. The van der Waals surface area contributed by atoms with Gasteiger partial charge in [-0.3, -0.25) is 5.10 Å². The number of H-pyrrole nitrogens is 1. The van der Waals surface area contributed by atoms with Gasteiger partial charge in [-0.2, -0.15) is 9.40 Å². The predicted octanol–water partition coefficient (Wildman–Crippen LogP) is 2.94. The van der Waals surface area contributed by atoms with Gasteiger partial charge in [0.05, 0.1) is 11.2 Å². The van der Waals surface area contributed by atoms with E-state index in [0.29, 0.717) is 13.1 Å². The van der Waals surface area contributed by atoms with Gasteiger partial charge in [0.25, 0.3) is 0 Å². The second-order valence-corrected chi connectivity index (χ2v) is 7.91. The number of nitrogens with one attached hydrogen (secondary N) is 1. The molecule has 1 saturated heterocycles. The minimum Gasteiger partial charge on any atom is -0.282 e. The summed E-state index contributed by atoms with van der Waals surface area (Å²) >= 11 is 6.07. The van der Waals surface area contributed by atoms with Crippen molar-refractivity contribution in [2.24, 2.45) is 0 Å². The third-order valence-corrected chi connectivity index (χ3v) is 6.48. The Bertz CT molecular complexity index is 773. The van der Waals surface area contributed by atoms with Gasteiger partial charge in [-0.15, -0.1) is 0 Å². The summed E-state index contributed by atoms with van der Waals surface area (Å²) in [6, 6.07) is 6.59. The molecule has 2 aromatic rings. The topological polar surface area (TPSA) is 66.1 Å². The van der Waals surface area contributed by atoms with Crippen molar-refractivity contribution < 1.29 is 8.42 Å². The van der Waals surface area contributed by atoms with Crippen LogP contribution in [0.4, 0.5) is 0 Å². The van der Waals surface area contributed by atoms with Crippen LogP contribution in [-0.2, 0) is 10.0 Å². The van der Waals surface area contributed by atoms with Crippen LogP contribution in [0.2, 0.25) is 5.02 Å². The molecule has 0 amide bonds. The van der Waals surface area contributed by atoms with Gasteiger partial charge < -0.3 is 0 Å². The second-order valence-electron chi connectivity index (χ2n) is 5.60. The smallest absolute Gasteiger partial charge is 0.244 e. The van der Waals surface area contributed by atoms with Gasteiger partial charge in [-0.05, 0) is 37.5 Å². The van der Waals surface area contributed by atoms with Crippen LogP contribution in [0.15, 0.2) is 35.4 Å². The lowest BCUT2D eigenvalue weighted by molar-refractivity contribution is 0.312. The van der Waals surface area contributed by atoms with Crippen molar-refractivity contribution in [2.75, 3.05) is 13.1 Å². The lowest BCUT2D eigenvalue weighted by Crippen LogP contribution is -2.39. The third kappa shape index (κ3) is 2.78. The maximum Gasteiger partial charge on any atom is 0.244 e. The standard InChI is InChI=1S/C15H18ClN3O2S/c1-11-9-17-18-15(11)12-5-4-8-19(10-12)22(20,21)14-7-3-2-6-13(14)16/h2-3,6-7,9,12H,4-5,8,10H2,1H3,(H,17,18)/t12-/m1/s1. The Hall–Kier alpha value is -1.37. The molecule has 2 heterocycles. The number of rotatable bonds is 3. The fourth-order valence-electron chi connectivity index (χ4n) is 2.96. The highest BCUT2D eigenvalue weighted by molar-refractivity contribution is 7.89. The van der Waals surface area contributed by atoms with Crippen molar-refractivity contribution in [1.82, 2.24) is 14.5 Å². The molecule has 1 N–H and O–H groups in total. The van der Waals surface area contributed by atoms with Gasteiger partial charge in [-0.1, -0.05) is 23.7 Å². The molecule has 0 aliphatic carbocycles. The normalized spacial score (nSPS) is 20.2. The van der Waals surface area contributed by atoms with Gasteiger partial charge in [0.15, 0.2) is 0 Å². The van der Waals surface area contributed by atoms with Gasteiger partial charge in [0.1, 0.15) is 4.90 Å². The van der Waals surface area contributed by atoms with E-state index in [1.807, 2.05) is 6.92 Å². The number of halogens is 1. The number of aromatic amines is 1. The van der Waals surface area contributed by atoms with Crippen LogP contribution in [0, 0.1) is 6.92 Å². The Labute approximate surface area is 135 Å². The van der Waals surface area contributed by atoms with Gasteiger partial charge in [-0.25, -0.2) is 8.42 Å². The van der Waals surface area contributed by atoms with Crippen LogP contribution >= 0.6 is 11.6 Å². The lowest BCUT2D eigenvalue weighted by Gasteiger charge is -2.32. The van der Waals surface area contributed by atoms with Gasteiger partial charge in [0.2, 0.25) is 10.0 Å². The number of aryl methyl sites for hydroxylation is 1. The Balaban J connectivity index is 1.89. The van der Waals surface area contributed by atoms with Crippen LogP contribution in [0.3, 0.4) is 0 Å². The highest BCUT2D eigenvalue weighted by Gasteiger charge is 2.32. The summed E-state index contributed by atoms with van der Waals surface area (Å²) in [6.45, 7) is 2.97. The number of sulfonamides is 1. The highest BCUT2D eigenvalue weighted by Crippen LogP contribution is 2.32. The molecule has 1 atom stereocenters. The molecule has 1 aromatic carbocycles. The lowest BCUT2D eigenvalue weighted by atomic mass is 9.94. The zero-order chi connectivity index (χ0) is 15.7. The van der Waals surface area contributed by atoms with Gasteiger partial charge in [0, 0.05) is 24.7 Å². The molecule has 1 aliphatic rings. The van der Waals surface area contributed by atoms with E-state index in [1.165, 1.54) is 4.31 Å². The molecular weight excluding hydrogens is 322 g/mol. The number of hydrogen-bond acceptors (Lipinski definition) is 3. The minimum atomic E-state index is -3.56. The van der Waals surface area contributed by atoms with Crippen LogP contribution < -0.4 is 0 Å². The molecule has 1 aromatic heterocycles. The molecular formula is C15H18ClN3O2S. The van der Waals surface area contributed by atoms with E-state index in [9.17, 15) is 8.42 Å². The fourth-order valence-corrected chi connectivity index (χ4v) is 4.98. The van der Waals surface area contributed by atoms with E-state index in [0.717, 1.165) is 24.1 Å². The van der Waals surface area contributed by atoms with Crippen molar-refractivity contribution in [1.29, 1.82) is 0 Å². The van der Waals surface area contributed by atoms with E-state index in [4.69, 9.17) is 11.6 Å². The first-order valence-corrected chi connectivity index (χ1v) is 9.06. The quantitative estimate of drug-likeness (QED) is 0.935. The van der Waals surface area contributed by atoms with Crippen molar-refractivity contribution in [2.45, 2.75) is 30.6 Å². The van der Waals surface area contributed by atoms with Crippen molar-refractivity contribution in [3.05, 3.63) is 46.7 Å². The number of benzene rings is 1. The zero-order valence-corrected chi connectivity index (χ0v) is 13.9. The Morgan fingerprint density at radius 1 is 1.36 bits per heavy atom. The molecule has 1 aliphatic heterocycles. The maximum absolute atomic E-state index is 12.8. The zero-order valence-electron chi connectivity index (χ0n) is 12.3. The molecule has 0 bridgehead atoms. The monoisotopic (exact) mass is 339 g/mol. The molecule has 0 radical (unpaired) electrons. The first-order valence-electron chi connectivity index (χ1n) is 7.24. The molecule has 118 valence electrons. The summed E-state index contributed by atoms with van der Waals surface area (Å²) in [5.41, 5.74) is 2.10. The molecule has 0 saturated carbocycles. The van der Waals surface area contributed by atoms with Crippen molar-refractivity contribution >= 4 is 21.6 Å². The summed E-state index contributed by atoms with van der Waals surface area (Å²) in [5, 5.41) is 7.31. The van der Waals surface area contributed by atoms with Crippen molar-refractivity contribution in [3.63, 3.8) is 0 Å². The number of piperidine rings is 1. The third-order valence-electron chi connectivity index (χ3n) is 4.11. The van der Waals surface area contributed by atoms with E-state index in [2.05, 4.69) is 10.2 Å². The average Bonchev–Trinajstić information content (AvgIpc) is 2.94. The predicted molar refractivity (Wildman–Crippen MR) is 85.5 cm³/mol. The maximum atomic E-state index is 12.8. The summed E-state index contributed by atoms with van der Waals surface area (Å²) in [4.78, 5) is 0.179. The van der Waals surface area contributed by atoms with E-state index >= 15 is 0 Å². The second kappa shape index (κ2) is 6.02. The van der Waals surface area contributed by atoms with Crippen LogP contribution in [0.5, 0.6) is 0 Å². The largest absolute Gasteiger partial charge is 0.282 e. The van der Waals surface area contributed by atoms with E-state index in [1.54, 1.807) is 30.5 Å². The Morgan fingerprint density at radius 2 is 2.14 bits per heavy atom. The molecule has 3 rings (SSSR count). The highest BCUT2D eigenvalue weighted by atomic mass is 35.5. The average molecular weight is 340 g/mol. The van der Waals surface area contributed by atoms with E-state index in [-0.39, 0.29) is 15.8 Å². The SMILES string of the molecule is Cc1cn[nH]c1[C@@H]1CCCN(S(=O)(=O)c2ccccc2Cl)C1. The van der Waals surface area contributed by atoms with Crippen molar-refractivity contribution in [3.8, 4) is 0 Å². The fraction of sp³-hybridized carbons (Fsp3) is 0.400. The first-order chi connectivity index (χ1) is 10.5. The van der Waals surface area contributed by atoms with Gasteiger partial charge >= 0.3 is 0 Å². The molecule has 0 unspecified atom stereocenters. The minimum absolute atomic E-state index is 0.147. The summed E-state index contributed by atoms with van der Waals surface area (Å²) in [6.07, 6.45) is 3.56. The van der Waals surface area contributed by atoms with Crippen LogP contribution in [0.25, 0.3) is 0 Å². The van der Waals surface area contributed by atoms with Crippen LogP contribution in [0.1, 0.15) is 30.0 Å². The summed E-state index contributed by atoms with van der Waals surface area (Å²) < 4.78 is 27.2. The molecule has 0 spiro atoms. The summed E-state index contributed by atoms with van der Waals surface area (Å²) in [5.74, 6) is 0.147. The molecule has 7 heteroatoms. The molecule has 1 fully saturated rings. The van der Waals surface area contributed by atoms with Crippen LogP contribution in [-0.4, -0.2) is 36.0 Å². The number of nitrogens with zero attached hydrogens (tertiary/aromatic N) is 2. The first kappa shape index (κ1) is 15.5. The number of hydrogen-bond donors (Lipinski definition) is 1.